The van der Waals surface area contributed by atoms with Gasteiger partial charge in [-0.05, 0) is 38.1 Å². The van der Waals surface area contributed by atoms with E-state index in [9.17, 15) is 9.59 Å². The van der Waals surface area contributed by atoms with E-state index >= 15 is 0 Å². The normalized spacial score (nSPS) is 11.6. The lowest BCUT2D eigenvalue weighted by molar-refractivity contribution is -0.152. The number of hydrogen-bond donors (Lipinski definition) is 1. The number of amides is 1. The molecule has 3 rings (SSSR count). The Hall–Kier alpha value is -3.68. The highest BCUT2D eigenvalue weighted by atomic mass is 16.6. The van der Waals surface area contributed by atoms with Crippen LogP contribution in [0.5, 0.6) is 5.75 Å². The van der Waals surface area contributed by atoms with Crippen molar-refractivity contribution in [3.63, 3.8) is 0 Å². The highest BCUT2D eigenvalue weighted by molar-refractivity contribution is 5.95. The summed E-state index contributed by atoms with van der Waals surface area (Å²) in [6.07, 6.45) is -0.755. The molecule has 8 heteroatoms. The Labute approximate surface area is 161 Å². The summed E-state index contributed by atoms with van der Waals surface area (Å²) in [5.41, 5.74) is 7.34. The highest BCUT2D eigenvalue weighted by Gasteiger charge is 2.20. The molecule has 0 fully saturated rings. The number of benzene rings is 2. The zero-order chi connectivity index (χ0) is 20.1. The van der Waals surface area contributed by atoms with Crippen LogP contribution in [0.15, 0.2) is 52.9 Å². The molecular weight excluding hydrogens is 362 g/mol. The van der Waals surface area contributed by atoms with Crippen LogP contribution < -0.4 is 10.5 Å². The number of hydrogen-bond acceptors (Lipinski definition) is 7. The van der Waals surface area contributed by atoms with Crippen LogP contribution in [0.4, 0.5) is 0 Å². The molecule has 0 aliphatic carbocycles. The van der Waals surface area contributed by atoms with E-state index in [1.807, 2.05) is 31.2 Å². The van der Waals surface area contributed by atoms with Gasteiger partial charge in [0, 0.05) is 5.56 Å². The first kappa shape index (κ1) is 19.1. The summed E-state index contributed by atoms with van der Waals surface area (Å²) < 4.78 is 16.2. The quantitative estimate of drug-likeness (QED) is 0.625. The average Bonchev–Trinajstić information content (AvgIpc) is 3.17. The fourth-order valence-corrected chi connectivity index (χ4v) is 2.43. The van der Waals surface area contributed by atoms with Crippen LogP contribution >= 0.6 is 0 Å². The molecule has 0 bridgehead atoms. The summed E-state index contributed by atoms with van der Waals surface area (Å²) in [7, 11) is 0. The minimum Gasteiger partial charge on any atom is -0.481 e. The number of para-hydroxylation sites is 1. The topological polar surface area (TPSA) is 118 Å². The maximum Gasteiger partial charge on any atom is 0.344 e. The van der Waals surface area contributed by atoms with E-state index < -0.39 is 24.6 Å². The van der Waals surface area contributed by atoms with Crippen molar-refractivity contribution in [2.24, 2.45) is 5.73 Å². The minimum absolute atomic E-state index is 0.168. The fraction of sp³-hybridized carbons (Fsp3) is 0.200. The number of rotatable bonds is 7. The molecule has 0 aliphatic rings. The Morgan fingerprint density at radius 3 is 2.54 bits per heavy atom. The Morgan fingerprint density at radius 1 is 1.11 bits per heavy atom. The molecule has 0 saturated heterocycles. The molecular formula is C20H19N3O5. The van der Waals surface area contributed by atoms with Gasteiger partial charge in [0.05, 0.1) is 5.56 Å². The molecule has 0 unspecified atom stereocenters. The van der Waals surface area contributed by atoms with Crippen molar-refractivity contribution >= 4 is 11.9 Å². The molecule has 0 radical (unpaired) electrons. The van der Waals surface area contributed by atoms with Gasteiger partial charge in [0.1, 0.15) is 5.75 Å². The number of esters is 1. The van der Waals surface area contributed by atoms with Crippen LogP contribution in [0.1, 0.15) is 34.8 Å². The van der Waals surface area contributed by atoms with E-state index in [-0.39, 0.29) is 17.2 Å². The van der Waals surface area contributed by atoms with Crippen molar-refractivity contribution in [3.8, 4) is 17.2 Å². The second-order valence-corrected chi connectivity index (χ2v) is 6.09. The predicted molar refractivity (Wildman–Crippen MR) is 99.4 cm³/mol. The van der Waals surface area contributed by atoms with Gasteiger partial charge < -0.3 is 19.6 Å². The van der Waals surface area contributed by atoms with Crippen molar-refractivity contribution in [1.82, 2.24) is 10.2 Å². The molecule has 2 N–H and O–H groups in total. The number of carbonyl (C=O) groups is 2. The first-order valence-corrected chi connectivity index (χ1v) is 8.55. The summed E-state index contributed by atoms with van der Waals surface area (Å²) in [6, 6.07) is 14.0. The zero-order valence-electron chi connectivity index (χ0n) is 15.4. The zero-order valence-corrected chi connectivity index (χ0v) is 15.4. The maximum absolute atomic E-state index is 12.0. The van der Waals surface area contributed by atoms with E-state index in [0.717, 1.165) is 11.1 Å². The molecule has 0 spiro atoms. The van der Waals surface area contributed by atoms with Crippen molar-refractivity contribution in [3.05, 3.63) is 65.5 Å². The first-order valence-electron chi connectivity index (χ1n) is 8.55. The minimum atomic E-state index is -0.755. The molecule has 28 heavy (non-hydrogen) atoms. The third-order valence-corrected chi connectivity index (χ3v) is 3.89. The van der Waals surface area contributed by atoms with Crippen molar-refractivity contribution < 1.29 is 23.5 Å². The number of primary amides is 1. The van der Waals surface area contributed by atoms with Crippen LogP contribution in [0.2, 0.25) is 0 Å². The summed E-state index contributed by atoms with van der Waals surface area (Å²) in [5, 5.41) is 7.91. The van der Waals surface area contributed by atoms with E-state index in [0.29, 0.717) is 5.89 Å². The molecule has 2 aromatic carbocycles. The molecule has 1 amide bonds. The maximum atomic E-state index is 12.0. The molecule has 8 nitrogen and oxygen atoms in total. The smallest absolute Gasteiger partial charge is 0.344 e. The Kier molecular flexibility index (Phi) is 5.69. The van der Waals surface area contributed by atoms with Gasteiger partial charge >= 0.3 is 5.97 Å². The molecule has 0 saturated carbocycles. The van der Waals surface area contributed by atoms with Gasteiger partial charge in [0.25, 0.3) is 11.8 Å². The summed E-state index contributed by atoms with van der Waals surface area (Å²) >= 11 is 0. The third-order valence-electron chi connectivity index (χ3n) is 3.89. The van der Waals surface area contributed by atoms with Crippen LogP contribution in [-0.2, 0) is 9.53 Å². The second kappa shape index (κ2) is 8.34. The van der Waals surface area contributed by atoms with Gasteiger partial charge in [0.2, 0.25) is 5.89 Å². The van der Waals surface area contributed by atoms with E-state index in [1.54, 1.807) is 25.1 Å². The standard InChI is InChI=1S/C20H19N3O5/c1-12-7-9-14(10-8-12)20-23-22-19(28-20)13(2)27-17(24)11-26-16-6-4-3-5-15(16)18(21)25/h3-10,13H,11H2,1-2H3,(H2,21,25)/t13-/m0/s1. The predicted octanol–water partition coefficient (Wildman–Crippen LogP) is 2.83. The third kappa shape index (κ3) is 4.53. The average molecular weight is 381 g/mol. The largest absolute Gasteiger partial charge is 0.481 e. The first-order chi connectivity index (χ1) is 13.4. The van der Waals surface area contributed by atoms with E-state index in [4.69, 9.17) is 19.6 Å². The molecule has 1 atom stereocenters. The van der Waals surface area contributed by atoms with Crippen molar-refractivity contribution in [2.75, 3.05) is 6.61 Å². The molecule has 3 aromatic rings. The fourth-order valence-electron chi connectivity index (χ4n) is 2.43. The van der Waals surface area contributed by atoms with Gasteiger partial charge in [0.15, 0.2) is 12.7 Å². The number of aryl methyl sites for hydroxylation is 1. The Balaban J connectivity index is 1.59. The number of aromatic nitrogens is 2. The van der Waals surface area contributed by atoms with E-state index in [2.05, 4.69) is 10.2 Å². The van der Waals surface area contributed by atoms with Gasteiger partial charge in [-0.2, -0.15) is 0 Å². The molecule has 0 aliphatic heterocycles. The van der Waals surface area contributed by atoms with Crippen molar-refractivity contribution in [1.29, 1.82) is 0 Å². The SMILES string of the molecule is Cc1ccc(-c2nnc([C@H](C)OC(=O)COc3ccccc3C(N)=O)o2)cc1. The number of carbonyl (C=O) groups excluding carboxylic acids is 2. The van der Waals surface area contributed by atoms with Gasteiger partial charge in [-0.3, -0.25) is 4.79 Å². The van der Waals surface area contributed by atoms with Gasteiger partial charge in [-0.15, -0.1) is 10.2 Å². The summed E-state index contributed by atoms with van der Waals surface area (Å²) in [5.74, 6) is -0.585. The van der Waals surface area contributed by atoms with Gasteiger partial charge in [-0.1, -0.05) is 29.8 Å². The Bertz CT molecular complexity index is 982. The van der Waals surface area contributed by atoms with Crippen LogP contribution in [-0.4, -0.2) is 28.7 Å². The summed E-state index contributed by atoms with van der Waals surface area (Å²) in [4.78, 5) is 23.4. The monoisotopic (exact) mass is 381 g/mol. The molecule has 1 heterocycles. The molecule has 1 aromatic heterocycles. The van der Waals surface area contributed by atoms with Gasteiger partial charge in [-0.25, -0.2) is 4.79 Å². The van der Waals surface area contributed by atoms with Crippen LogP contribution in [0.25, 0.3) is 11.5 Å². The van der Waals surface area contributed by atoms with Crippen LogP contribution in [0, 0.1) is 6.92 Å². The number of nitrogens with zero attached hydrogens (tertiary/aromatic N) is 2. The lowest BCUT2D eigenvalue weighted by Crippen LogP contribution is -2.19. The van der Waals surface area contributed by atoms with Crippen molar-refractivity contribution in [2.45, 2.75) is 20.0 Å². The highest BCUT2D eigenvalue weighted by Crippen LogP contribution is 2.23. The second-order valence-electron chi connectivity index (χ2n) is 6.09. The lowest BCUT2D eigenvalue weighted by Gasteiger charge is -2.11. The number of nitrogens with two attached hydrogens (primary N) is 1. The van der Waals surface area contributed by atoms with E-state index in [1.165, 1.54) is 6.07 Å². The number of ether oxygens (including phenoxy) is 2. The van der Waals surface area contributed by atoms with Crippen LogP contribution in [0.3, 0.4) is 0 Å². The summed E-state index contributed by atoms with van der Waals surface area (Å²) in [6.45, 7) is 3.20. The lowest BCUT2D eigenvalue weighted by atomic mass is 10.1. The molecule has 144 valence electrons. The Morgan fingerprint density at radius 2 is 1.82 bits per heavy atom.